The summed E-state index contributed by atoms with van der Waals surface area (Å²) in [4.78, 5) is 21.1. The molecule has 0 bridgehead atoms. The van der Waals surface area contributed by atoms with E-state index < -0.39 is 33.0 Å². The molecule has 0 aliphatic heterocycles. The number of guanidine groups is 1. The second-order valence-electron chi connectivity index (χ2n) is 5.10. The summed E-state index contributed by atoms with van der Waals surface area (Å²) in [5, 5.41) is 23.3. The van der Waals surface area contributed by atoms with E-state index in [1.807, 2.05) is 4.72 Å². The summed E-state index contributed by atoms with van der Waals surface area (Å²) in [6.07, 6.45) is -0.0135. The van der Waals surface area contributed by atoms with E-state index in [0.717, 1.165) is 12.1 Å². The summed E-state index contributed by atoms with van der Waals surface area (Å²) >= 11 is 11.6. The van der Waals surface area contributed by atoms with Gasteiger partial charge in [-0.15, -0.1) is 0 Å². The number of aliphatic carboxylic acids is 1. The smallest absolute Gasteiger partial charge is 0.321 e. The molecule has 0 fully saturated rings. The number of carbonyl (C=O) groups is 1. The van der Waals surface area contributed by atoms with Crippen LogP contribution in [-0.2, 0) is 14.8 Å². The monoisotopic (exact) mass is 442 g/mol. The van der Waals surface area contributed by atoms with E-state index in [4.69, 9.17) is 34.7 Å². The molecule has 0 aliphatic rings. The molecule has 1 atom stereocenters. The number of sulfonamides is 1. The number of nitrogens with two attached hydrogens (primary N) is 2. The van der Waals surface area contributed by atoms with E-state index in [1.165, 1.54) is 0 Å². The molecule has 1 aromatic rings. The van der Waals surface area contributed by atoms with Gasteiger partial charge in [0.2, 0.25) is 10.0 Å². The summed E-state index contributed by atoms with van der Waals surface area (Å²) in [6, 6.07) is 0.612. The lowest BCUT2D eigenvalue weighted by Gasteiger charge is -2.15. The van der Waals surface area contributed by atoms with E-state index >= 15 is 0 Å². The quantitative estimate of drug-likeness (QED) is 0.0881. The highest BCUT2D eigenvalue weighted by molar-refractivity contribution is 7.89. The number of benzene rings is 1. The number of carboxylic acid groups (broad SMARTS) is 1. The first kappa shape index (κ1) is 22.7. The second kappa shape index (κ2) is 9.55. The van der Waals surface area contributed by atoms with Gasteiger partial charge in [-0.1, -0.05) is 23.2 Å². The highest BCUT2D eigenvalue weighted by Gasteiger charge is 2.26. The van der Waals surface area contributed by atoms with Crippen LogP contribution in [0.4, 0.5) is 5.69 Å². The molecule has 12 nitrogen and oxygen atoms in total. The average molecular weight is 443 g/mol. The Morgan fingerprint density at radius 2 is 1.93 bits per heavy atom. The van der Waals surface area contributed by atoms with Crippen LogP contribution >= 0.6 is 23.2 Å². The minimum Gasteiger partial charge on any atom is -0.480 e. The fourth-order valence-electron chi connectivity index (χ4n) is 1.85. The summed E-state index contributed by atoms with van der Waals surface area (Å²) in [5.41, 5.74) is 10.7. The van der Waals surface area contributed by atoms with Gasteiger partial charge in [-0.3, -0.25) is 4.79 Å². The largest absolute Gasteiger partial charge is 0.480 e. The van der Waals surface area contributed by atoms with Gasteiger partial charge in [-0.25, -0.2) is 18.5 Å². The van der Waals surface area contributed by atoms with Crippen molar-refractivity contribution >= 4 is 50.8 Å². The van der Waals surface area contributed by atoms with Gasteiger partial charge in [0.05, 0.1) is 20.6 Å². The van der Waals surface area contributed by atoms with Crippen molar-refractivity contribution in [1.29, 1.82) is 0 Å². The van der Waals surface area contributed by atoms with Gasteiger partial charge < -0.3 is 21.9 Å². The topological polar surface area (TPSA) is 203 Å². The lowest BCUT2D eigenvalue weighted by Crippen LogP contribution is -2.41. The van der Waals surface area contributed by atoms with Crippen LogP contribution < -0.4 is 21.5 Å². The van der Waals surface area contributed by atoms with Crippen molar-refractivity contribution in [2.75, 3.05) is 12.3 Å². The lowest BCUT2D eigenvalue weighted by molar-refractivity contribution is -0.485. The summed E-state index contributed by atoms with van der Waals surface area (Å²) in [5.74, 6) is -1.88. The Kier molecular flexibility index (Phi) is 8.02. The van der Waals surface area contributed by atoms with E-state index in [1.54, 1.807) is 0 Å². The van der Waals surface area contributed by atoms with Crippen molar-refractivity contribution < 1.29 is 23.4 Å². The van der Waals surface area contributed by atoms with Gasteiger partial charge in [0.15, 0.2) is 5.03 Å². The molecule has 1 rings (SSSR count). The zero-order chi connectivity index (χ0) is 20.8. The number of hydrogen-bond acceptors (Lipinski definition) is 6. The molecular formula is C12H16Cl2N6O6S. The normalized spacial score (nSPS) is 13.2. The number of rotatable bonds is 9. The number of nitro groups is 1. The number of nitrogens with one attached hydrogen (secondary N) is 2. The summed E-state index contributed by atoms with van der Waals surface area (Å²) < 4.78 is 26.7. The third-order valence-electron chi connectivity index (χ3n) is 3.12. The van der Waals surface area contributed by atoms with Crippen LogP contribution in [0.2, 0.25) is 10.0 Å². The number of halogens is 2. The molecule has 150 valence electrons. The number of nitrogens with zero attached hydrogens (tertiary/aromatic N) is 2. The summed E-state index contributed by atoms with van der Waals surface area (Å²) in [6.45, 7) is 0.0359. The van der Waals surface area contributed by atoms with Crippen LogP contribution in [0.15, 0.2) is 22.1 Å². The predicted molar refractivity (Wildman–Crippen MR) is 98.5 cm³/mol. The Bertz CT molecular complexity index is 839. The fraction of sp³-hybridized carbons (Fsp3) is 0.333. The Hall–Kier alpha value is -2.35. The van der Waals surface area contributed by atoms with E-state index in [-0.39, 0.29) is 40.0 Å². The van der Waals surface area contributed by atoms with Crippen molar-refractivity contribution in [3.8, 4) is 0 Å². The van der Waals surface area contributed by atoms with Crippen molar-refractivity contribution in [3.05, 3.63) is 32.3 Å². The third kappa shape index (κ3) is 7.05. The van der Waals surface area contributed by atoms with Crippen molar-refractivity contribution in [3.63, 3.8) is 0 Å². The minimum atomic E-state index is -4.25. The number of nitrogen functional groups attached to an aromatic ring is 1. The fourth-order valence-corrected chi connectivity index (χ4v) is 3.74. The zero-order valence-electron chi connectivity index (χ0n) is 13.6. The Labute approximate surface area is 163 Å². The zero-order valence-corrected chi connectivity index (χ0v) is 15.9. The predicted octanol–water partition coefficient (Wildman–Crippen LogP) is 0.183. The number of hydrogen-bond donors (Lipinski definition) is 5. The minimum absolute atomic E-state index is 0.00730. The van der Waals surface area contributed by atoms with E-state index in [9.17, 15) is 28.4 Å². The van der Waals surface area contributed by atoms with Crippen LogP contribution in [0.25, 0.3) is 0 Å². The Balaban J connectivity index is 2.79. The molecule has 0 radical (unpaired) electrons. The molecule has 0 saturated carbocycles. The van der Waals surface area contributed by atoms with E-state index in [0.29, 0.717) is 0 Å². The first-order chi connectivity index (χ1) is 12.4. The van der Waals surface area contributed by atoms with Crippen LogP contribution in [0.5, 0.6) is 0 Å². The van der Waals surface area contributed by atoms with Crippen LogP contribution in [0.1, 0.15) is 12.8 Å². The van der Waals surface area contributed by atoms with Gasteiger partial charge in [-0.05, 0) is 25.0 Å². The molecule has 7 N–H and O–H groups in total. The maximum atomic E-state index is 12.4. The average Bonchev–Trinajstić information content (AvgIpc) is 2.53. The molecule has 0 spiro atoms. The third-order valence-corrected chi connectivity index (χ3v) is 5.20. The first-order valence-corrected chi connectivity index (χ1v) is 9.40. The molecule has 0 heterocycles. The van der Waals surface area contributed by atoms with Crippen molar-refractivity contribution in [2.24, 2.45) is 10.8 Å². The van der Waals surface area contributed by atoms with Gasteiger partial charge in [0.25, 0.3) is 5.96 Å². The number of hydrazone groups is 1. The van der Waals surface area contributed by atoms with Gasteiger partial charge >= 0.3 is 5.97 Å². The molecular weight excluding hydrogens is 427 g/mol. The van der Waals surface area contributed by atoms with E-state index in [2.05, 4.69) is 10.4 Å². The molecule has 0 saturated heterocycles. The number of carboxylic acids is 1. The summed E-state index contributed by atoms with van der Waals surface area (Å²) in [7, 11) is -4.25. The van der Waals surface area contributed by atoms with Crippen LogP contribution in [0, 0.1) is 10.1 Å². The first-order valence-electron chi connectivity index (χ1n) is 7.16. The molecule has 1 aromatic carbocycles. The molecule has 15 heteroatoms. The molecule has 27 heavy (non-hydrogen) atoms. The van der Waals surface area contributed by atoms with Crippen LogP contribution in [0.3, 0.4) is 0 Å². The highest BCUT2D eigenvalue weighted by atomic mass is 35.5. The maximum Gasteiger partial charge on any atom is 0.321 e. The highest BCUT2D eigenvalue weighted by Crippen LogP contribution is 2.30. The molecule has 0 amide bonds. The number of anilines is 1. The Morgan fingerprint density at radius 1 is 1.37 bits per heavy atom. The van der Waals surface area contributed by atoms with Gasteiger partial charge in [-0.2, -0.15) is 4.72 Å². The molecule has 0 aromatic heterocycles. The standard InChI is InChI=1S/C12H16Cl2N6O6S/c13-7-4-6(5-8(14)10(7)15)27(25,26)19-9(11(21)22)2-1-3-17-12(16)18-20(23)24/h4-5,9,19H,1-3,15H2,(H,21,22)(H3,16,17,18)/t9-/m1/s1. The van der Waals surface area contributed by atoms with Crippen LogP contribution in [-0.4, -0.2) is 43.1 Å². The van der Waals surface area contributed by atoms with Crippen molar-refractivity contribution in [1.82, 2.24) is 10.0 Å². The Morgan fingerprint density at radius 3 is 2.41 bits per heavy atom. The second-order valence-corrected chi connectivity index (χ2v) is 7.63. The van der Waals surface area contributed by atoms with Gasteiger partial charge in [0.1, 0.15) is 11.1 Å². The molecule has 0 unspecified atom stereocenters. The maximum absolute atomic E-state index is 12.4. The van der Waals surface area contributed by atoms with Crippen molar-refractivity contribution in [2.45, 2.75) is 23.8 Å². The van der Waals surface area contributed by atoms with Gasteiger partial charge in [0, 0.05) is 6.54 Å². The molecule has 0 aliphatic carbocycles. The SMILES string of the molecule is N/C(=N/[N+](=O)[O-])NCCC[C@@H](NS(=O)(=O)c1cc(Cl)c(N)c(Cl)c1)C(=O)O. The lowest BCUT2D eigenvalue weighted by atomic mass is 10.2.